The predicted octanol–water partition coefficient (Wildman–Crippen LogP) is 1.66. The van der Waals surface area contributed by atoms with Gasteiger partial charge in [0.25, 0.3) is 9.05 Å². The molecule has 0 aliphatic rings. The van der Waals surface area contributed by atoms with Crippen molar-refractivity contribution in [3.63, 3.8) is 0 Å². The minimum atomic E-state index is -3.85. The summed E-state index contributed by atoms with van der Waals surface area (Å²) in [4.78, 5) is 3.68. The second-order valence-electron chi connectivity index (χ2n) is 2.70. The zero-order valence-corrected chi connectivity index (χ0v) is 8.86. The summed E-state index contributed by atoms with van der Waals surface area (Å²) in [6, 6.07) is 3.31. The fourth-order valence-corrected chi connectivity index (χ4v) is 1.97. The minimum Gasteiger partial charge on any atom is -0.355 e. The van der Waals surface area contributed by atoms with Crippen LogP contribution < -0.4 is 0 Å². The fraction of sp³-hybridized carbons (Fsp3) is 0. The van der Waals surface area contributed by atoms with E-state index in [4.69, 9.17) is 15.2 Å². The van der Waals surface area contributed by atoms with Crippen LogP contribution in [-0.2, 0) is 9.05 Å². The monoisotopic (exact) mass is 244 g/mol. The van der Waals surface area contributed by atoms with Crippen LogP contribution in [0.3, 0.4) is 0 Å². The molecule has 78 valence electrons. The molecule has 0 aliphatic heterocycles. The molecule has 0 N–H and O–H groups in total. The molecule has 2 aromatic heterocycles. The Labute approximate surface area is 90.1 Å². The number of rotatable bonds is 2. The van der Waals surface area contributed by atoms with Crippen molar-refractivity contribution < 1.29 is 12.9 Å². The van der Waals surface area contributed by atoms with Crippen molar-refractivity contribution in [1.82, 2.24) is 10.1 Å². The summed E-state index contributed by atoms with van der Waals surface area (Å²) in [5.74, 6) is 0.0955. The molecule has 0 spiro atoms. The quantitative estimate of drug-likeness (QED) is 0.752. The third-order valence-electron chi connectivity index (χ3n) is 1.72. The van der Waals surface area contributed by atoms with E-state index in [0.29, 0.717) is 5.56 Å². The predicted molar refractivity (Wildman–Crippen MR) is 52.8 cm³/mol. The van der Waals surface area contributed by atoms with Crippen LogP contribution in [0.1, 0.15) is 0 Å². The minimum absolute atomic E-state index is 0.0955. The van der Waals surface area contributed by atoms with Crippen LogP contribution in [-0.4, -0.2) is 18.6 Å². The molecule has 0 fully saturated rings. The van der Waals surface area contributed by atoms with Gasteiger partial charge < -0.3 is 4.52 Å². The van der Waals surface area contributed by atoms with E-state index in [1.165, 1.54) is 6.20 Å². The molecular formula is C8H5ClN2O3S. The van der Waals surface area contributed by atoms with Gasteiger partial charge in [-0.05, 0) is 12.1 Å². The van der Waals surface area contributed by atoms with Crippen LogP contribution in [0.15, 0.2) is 40.1 Å². The van der Waals surface area contributed by atoms with Gasteiger partial charge in [0.1, 0.15) is 4.90 Å². The topological polar surface area (TPSA) is 73.1 Å². The average Bonchev–Trinajstić information content (AvgIpc) is 2.67. The van der Waals surface area contributed by atoms with Crippen LogP contribution in [0.2, 0.25) is 0 Å². The number of aromatic nitrogens is 2. The summed E-state index contributed by atoms with van der Waals surface area (Å²) in [5.41, 5.74) is 0.509. The van der Waals surface area contributed by atoms with Gasteiger partial charge >= 0.3 is 0 Å². The molecule has 0 saturated carbocycles. The zero-order valence-electron chi connectivity index (χ0n) is 7.29. The Hall–Kier alpha value is -1.40. The van der Waals surface area contributed by atoms with Gasteiger partial charge in [0.15, 0.2) is 5.76 Å². The maximum Gasteiger partial charge on any atom is 0.266 e. The van der Waals surface area contributed by atoms with E-state index in [1.54, 1.807) is 18.3 Å². The second kappa shape index (κ2) is 3.63. The van der Waals surface area contributed by atoms with Gasteiger partial charge in [-0.3, -0.25) is 4.98 Å². The maximum absolute atomic E-state index is 11.1. The van der Waals surface area contributed by atoms with Crippen molar-refractivity contribution in [1.29, 1.82) is 0 Å². The van der Waals surface area contributed by atoms with Crippen LogP contribution in [0.25, 0.3) is 11.3 Å². The summed E-state index contributed by atoms with van der Waals surface area (Å²) in [7, 11) is 1.36. The molecule has 0 amide bonds. The van der Waals surface area contributed by atoms with Crippen molar-refractivity contribution in [2.75, 3.05) is 0 Å². The molecule has 0 radical (unpaired) electrons. The fourth-order valence-electron chi connectivity index (χ4n) is 1.10. The Balaban J connectivity index is 2.61. The standard InChI is InChI=1S/C8H5ClN2O3S/c9-15(12,13)7-5-11-14-8(7)6-2-1-3-10-4-6/h1-5H. The third-order valence-corrected chi connectivity index (χ3v) is 3.04. The largest absolute Gasteiger partial charge is 0.355 e. The molecule has 0 aromatic carbocycles. The first-order valence-electron chi connectivity index (χ1n) is 3.89. The van der Waals surface area contributed by atoms with E-state index in [1.807, 2.05) is 0 Å². The molecule has 0 aliphatic carbocycles. The van der Waals surface area contributed by atoms with Crippen LogP contribution in [0.5, 0.6) is 0 Å². The molecule has 15 heavy (non-hydrogen) atoms. The van der Waals surface area contributed by atoms with E-state index < -0.39 is 9.05 Å². The van der Waals surface area contributed by atoms with Gasteiger partial charge in [-0.15, -0.1) is 0 Å². The third kappa shape index (κ3) is 2.00. The number of hydrogen-bond donors (Lipinski definition) is 0. The molecular weight excluding hydrogens is 240 g/mol. The van der Waals surface area contributed by atoms with Crippen molar-refractivity contribution >= 4 is 19.7 Å². The average molecular weight is 245 g/mol. The number of nitrogens with zero attached hydrogens (tertiary/aromatic N) is 2. The Kier molecular flexibility index (Phi) is 2.45. The lowest BCUT2D eigenvalue weighted by Crippen LogP contribution is -1.90. The molecule has 0 bridgehead atoms. The lowest BCUT2D eigenvalue weighted by Gasteiger charge is -1.96. The summed E-state index contributed by atoms with van der Waals surface area (Å²) < 4.78 is 27.1. The molecule has 5 nitrogen and oxygen atoms in total. The first kappa shape index (κ1) is 10.1. The van der Waals surface area contributed by atoms with Gasteiger partial charge in [0.2, 0.25) is 0 Å². The highest BCUT2D eigenvalue weighted by Crippen LogP contribution is 2.28. The van der Waals surface area contributed by atoms with Crippen molar-refractivity contribution in [3.05, 3.63) is 30.7 Å². The number of hydrogen-bond acceptors (Lipinski definition) is 5. The lowest BCUT2D eigenvalue weighted by atomic mass is 10.2. The van der Waals surface area contributed by atoms with Crippen molar-refractivity contribution in [2.45, 2.75) is 4.90 Å². The highest BCUT2D eigenvalue weighted by Gasteiger charge is 2.21. The lowest BCUT2D eigenvalue weighted by molar-refractivity contribution is 0.430. The SMILES string of the molecule is O=S(=O)(Cl)c1cnoc1-c1cccnc1. The number of halogens is 1. The van der Waals surface area contributed by atoms with E-state index >= 15 is 0 Å². The van der Waals surface area contributed by atoms with Gasteiger partial charge in [0, 0.05) is 28.6 Å². The van der Waals surface area contributed by atoms with E-state index in [2.05, 4.69) is 10.1 Å². The summed E-state index contributed by atoms with van der Waals surface area (Å²) >= 11 is 0. The molecule has 0 atom stereocenters. The Bertz CT molecular complexity index is 565. The summed E-state index contributed by atoms with van der Waals surface area (Å²) in [6.07, 6.45) is 4.09. The zero-order chi connectivity index (χ0) is 10.9. The van der Waals surface area contributed by atoms with Crippen LogP contribution >= 0.6 is 10.7 Å². The van der Waals surface area contributed by atoms with Crippen molar-refractivity contribution in [2.24, 2.45) is 0 Å². The van der Waals surface area contributed by atoms with E-state index in [9.17, 15) is 8.42 Å². The van der Waals surface area contributed by atoms with Crippen molar-refractivity contribution in [3.8, 4) is 11.3 Å². The molecule has 2 rings (SSSR count). The maximum atomic E-state index is 11.1. The highest BCUT2D eigenvalue weighted by molar-refractivity contribution is 8.13. The Morgan fingerprint density at radius 1 is 1.33 bits per heavy atom. The first-order chi connectivity index (χ1) is 7.09. The first-order valence-corrected chi connectivity index (χ1v) is 6.20. The smallest absolute Gasteiger partial charge is 0.266 e. The van der Waals surface area contributed by atoms with E-state index in [-0.39, 0.29) is 10.7 Å². The molecule has 7 heteroatoms. The van der Waals surface area contributed by atoms with Gasteiger partial charge in [-0.25, -0.2) is 8.42 Å². The summed E-state index contributed by atoms with van der Waals surface area (Å²) in [6.45, 7) is 0. The number of pyridine rings is 1. The molecule has 2 aromatic rings. The molecule has 0 saturated heterocycles. The highest BCUT2D eigenvalue weighted by atomic mass is 35.7. The van der Waals surface area contributed by atoms with E-state index in [0.717, 1.165) is 6.20 Å². The Morgan fingerprint density at radius 3 is 2.73 bits per heavy atom. The van der Waals surface area contributed by atoms with Gasteiger partial charge in [-0.2, -0.15) is 0 Å². The van der Waals surface area contributed by atoms with Crippen LogP contribution in [0.4, 0.5) is 0 Å². The van der Waals surface area contributed by atoms with Gasteiger partial charge in [-0.1, -0.05) is 5.16 Å². The molecule has 2 heterocycles. The normalized spacial score (nSPS) is 11.5. The molecule has 0 unspecified atom stereocenters. The summed E-state index contributed by atoms with van der Waals surface area (Å²) in [5, 5.41) is 3.40. The Morgan fingerprint density at radius 2 is 2.13 bits per heavy atom. The second-order valence-corrected chi connectivity index (χ2v) is 5.23. The van der Waals surface area contributed by atoms with Crippen LogP contribution in [0, 0.1) is 0 Å². The van der Waals surface area contributed by atoms with Gasteiger partial charge in [0.05, 0.1) is 6.20 Å².